The fourth-order valence-corrected chi connectivity index (χ4v) is 10.8. The van der Waals surface area contributed by atoms with Crippen LogP contribution in [0.3, 0.4) is 0 Å². The predicted octanol–water partition coefficient (Wildman–Crippen LogP) is 3.60. The maximum atomic E-state index is 14.5. The number of azide groups is 1. The molecule has 1 spiro atoms. The zero-order valence-corrected chi connectivity index (χ0v) is 40.0. The van der Waals surface area contributed by atoms with E-state index >= 15 is 0 Å². The van der Waals surface area contributed by atoms with Gasteiger partial charge in [0.15, 0.2) is 28.5 Å². The van der Waals surface area contributed by atoms with Crippen LogP contribution in [0.1, 0.15) is 84.4 Å². The van der Waals surface area contributed by atoms with Gasteiger partial charge in [0.25, 0.3) is 21.2 Å². The zero-order chi connectivity index (χ0) is 45.8. The monoisotopic (exact) mass is 910 g/mol. The van der Waals surface area contributed by atoms with E-state index in [0.29, 0.717) is 0 Å². The van der Waals surface area contributed by atoms with Crippen molar-refractivity contribution in [3.8, 4) is 0 Å². The zero-order valence-electron chi connectivity index (χ0n) is 37.2. The van der Waals surface area contributed by atoms with Crippen molar-refractivity contribution in [2.24, 2.45) is 10.8 Å². The lowest BCUT2D eigenvalue weighted by Gasteiger charge is -2.43. The Morgan fingerprint density at radius 2 is 1.44 bits per heavy atom. The van der Waals surface area contributed by atoms with Crippen molar-refractivity contribution in [1.29, 1.82) is 0 Å². The number of unbranched alkanes of at least 4 members (excludes halogenated alkanes) is 1. The van der Waals surface area contributed by atoms with Crippen LogP contribution < -0.4 is 28.2 Å². The van der Waals surface area contributed by atoms with Crippen molar-refractivity contribution in [2.45, 2.75) is 166 Å². The Morgan fingerprint density at radius 1 is 0.918 bits per heavy atom. The number of hydrogen-bond donors (Lipinski definition) is 2. The first-order valence-corrected chi connectivity index (χ1v) is 27.7. The Bertz CT molecular complexity index is 2440. The van der Waals surface area contributed by atoms with Gasteiger partial charge in [0.2, 0.25) is 0 Å². The summed E-state index contributed by atoms with van der Waals surface area (Å²) in [5.74, 6) is 0. The van der Waals surface area contributed by atoms with Gasteiger partial charge in [-0.1, -0.05) is 46.7 Å². The summed E-state index contributed by atoms with van der Waals surface area (Å²) in [6, 6.07) is -0.715. The molecule has 3 aliphatic heterocycles. The van der Waals surface area contributed by atoms with Gasteiger partial charge in [-0.25, -0.2) is 13.8 Å². The van der Waals surface area contributed by atoms with Crippen molar-refractivity contribution in [3.63, 3.8) is 0 Å². The number of ether oxygens (including phenoxy) is 2. The summed E-state index contributed by atoms with van der Waals surface area (Å²) in [7, 11) is -9.63. The highest BCUT2D eigenvalue weighted by Crippen LogP contribution is 2.52. The second-order valence-electron chi connectivity index (χ2n) is 19.3. The van der Waals surface area contributed by atoms with Gasteiger partial charge < -0.3 is 29.2 Å². The van der Waals surface area contributed by atoms with Crippen molar-refractivity contribution in [2.75, 3.05) is 13.2 Å². The van der Waals surface area contributed by atoms with Crippen LogP contribution in [0.5, 0.6) is 0 Å². The van der Waals surface area contributed by atoms with Gasteiger partial charge in [0, 0.05) is 47.9 Å². The second-order valence-corrected chi connectivity index (χ2v) is 30.2. The van der Waals surface area contributed by atoms with Gasteiger partial charge >= 0.3 is 11.4 Å². The summed E-state index contributed by atoms with van der Waals surface area (Å²) >= 11 is 0. The van der Waals surface area contributed by atoms with E-state index in [1.807, 2.05) is 47.0 Å². The minimum absolute atomic E-state index is 0.0615. The van der Waals surface area contributed by atoms with Crippen molar-refractivity contribution < 1.29 is 36.0 Å². The van der Waals surface area contributed by atoms with Crippen LogP contribution in [-0.4, -0.2) is 91.6 Å². The minimum atomic E-state index is -4.33. The highest BCUT2D eigenvalue weighted by atomic mass is 32.2. The maximum Gasteiger partial charge on any atom is 0.333 e. The molecule has 2 saturated heterocycles. The lowest BCUT2D eigenvalue weighted by molar-refractivity contribution is -0.0567. The molecule has 0 bridgehead atoms. The van der Waals surface area contributed by atoms with Crippen LogP contribution in [0.25, 0.3) is 10.4 Å². The Kier molecular flexibility index (Phi) is 13.6. The highest BCUT2D eigenvalue weighted by molar-refractivity contribution is 7.90. The third kappa shape index (κ3) is 9.22. The first kappa shape index (κ1) is 48.4. The number of aromatic nitrogens is 4. The standard InChI is InChI=1S/C38H62N8O12SSi2/c1-23-18-45(29-17-25(41-42-40)26(20-47)55-29)34(50)43(31(23)48)15-13-14-16-44-32(49)24(2)19-46(35(44)51)33-30(57-61(11,12)37(6,7)8)38(27(39)22-59(52,53)58-38)28(56-33)21-54-60(9,10)36(3,4)5/h18-19,22,25-26,28-30,33,47H,13-17,20-21,39H2,1-12H3/t25-,26+,28+,29+,30-,33+,38+/m0/s1. The van der Waals surface area contributed by atoms with Crippen LogP contribution in [-0.2, 0) is 45.7 Å². The Labute approximate surface area is 357 Å². The predicted molar refractivity (Wildman–Crippen MR) is 231 cm³/mol. The van der Waals surface area contributed by atoms with Crippen molar-refractivity contribution in [3.05, 3.63) is 86.7 Å². The molecule has 61 heavy (non-hydrogen) atoms. The molecule has 0 radical (unpaired) electrons. The average Bonchev–Trinajstić information content (AvgIpc) is 3.76. The smallest absolute Gasteiger partial charge is 0.333 e. The Morgan fingerprint density at radius 3 is 1.92 bits per heavy atom. The van der Waals surface area contributed by atoms with Crippen LogP contribution in [0.4, 0.5) is 0 Å². The van der Waals surface area contributed by atoms with Gasteiger partial charge in [0.1, 0.15) is 18.4 Å². The fraction of sp³-hybridized carbons (Fsp3) is 0.737. The summed E-state index contributed by atoms with van der Waals surface area (Å²) in [5, 5.41) is 13.6. The van der Waals surface area contributed by atoms with E-state index in [-0.39, 0.29) is 60.8 Å². The maximum absolute atomic E-state index is 14.5. The molecular weight excluding hydrogens is 849 g/mol. The number of aliphatic hydroxyl groups is 1. The molecule has 20 nitrogen and oxygen atoms in total. The molecule has 0 aliphatic carbocycles. The lowest BCUT2D eigenvalue weighted by Crippen LogP contribution is -2.59. The first-order chi connectivity index (χ1) is 28.0. The van der Waals surface area contributed by atoms with Crippen LogP contribution in [0, 0.1) is 13.8 Å². The molecule has 0 unspecified atom stereocenters. The molecule has 0 aromatic carbocycles. The number of aliphatic hydroxyl groups excluding tert-OH is 1. The quantitative estimate of drug-likeness (QED) is 0.0687. The van der Waals surface area contributed by atoms with Gasteiger partial charge in [-0.15, -0.1) is 0 Å². The molecule has 0 amide bonds. The number of nitrogens with zero attached hydrogens (tertiary/aromatic N) is 7. The molecule has 5 heterocycles. The molecule has 3 aliphatic rings. The van der Waals surface area contributed by atoms with E-state index in [2.05, 4.69) is 30.8 Å². The molecular formula is C38H62N8O12SSi2. The third-order valence-corrected chi connectivity index (χ3v) is 23.0. The summed E-state index contributed by atoms with van der Waals surface area (Å²) in [6.07, 6.45) is -2.28. The summed E-state index contributed by atoms with van der Waals surface area (Å²) in [6.45, 7) is 22.6. The molecule has 3 N–H and O–H groups in total. The van der Waals surface area contributed by atoms with Crippen LogP contribution in [0.15, 0.2) is 47.8 Å². The van der Waals surface area contributed by atoms with E-state index in [9.17, 15) is 32.7 Å². The van der Waals surface area contributed by atoms with Crippen LogP contribution in [0.2, 0.25) is 36.3 Å². The second kappa shape index (κ2) is 17.1. The van der Waals surface area contributed by atoms with Gasteiger partial charge in [-0.05, 0) is 68.5 Å². The van der Waals surface area contributed by atoms with Crippen LogP contribution >= 0.6 is 0 Å². The molecule has 7 atom stereocenters. The third-order valence-electron chi connectivity index (χ3n) is 13.0. The van der Waals surface area contributed by atoms with E-state index in [1.165, 1.54) is 21.5 Å². The van der Waals surface area contributed by atoms with Gasteiger partial charge in [0.05, 0.1) is 36.5 Å². The van der Waals surface area contributed by atoms with Gasteiger partial charge in [-0.3, -0.25) is 27.9 Å². The van der Waals surface area contributed by atoms with Crippen molar-refractivity contribution >= 4 is 26.8 Å². The number of hydrogen-bond acceptors (Lipinski definition) is 14. The van der Waals surface area contributed by atoms with Gasteiger partial charge in [-0.2, -0.15) is 8.42 Å². The Balaban J connectivity index is 1.50. The SMILES string of the molecule is Cc1cn([C@@H]2O[C@H](CO[Si](C)(C)C(C)(C)C)[C@@]3(OS(=O)(=O)C=C3N)[C@H]2O[Si](C)(C)C(C)(C)C)c(=O)n(CCCCn2c(=O)c(C)cn([C@H]3C[C@H](N=[N+]=[N-])[C@@H](CO)O3)c2=O)c1=O. The molecule has 23 heteroatoms. The Hall–Kier alpha value is -3.65. The molecule has 0 saturated carbocycles. The fourth-order valence-electron chi connectivity index (χ4n) is 7.29. The van der Waals surface area contributed by atoms with E-state index < -0.39 is 103 Å². The normalized spacial score (nSPS) is 26.8. The molecule has 2 aromatic rings. The van der Waals surface area contributed by atoms with E-state index in [0.717, 1.165) is 14.5 Å². The lowest BCUT2D eigenvalue weighted by atomic mass is 9.89. The first-order valence-electron chi connectivity index (χ1n) is 20.4. The topological polar surface area (TPSA) is 263 Å². The van der Waals surface area contributed by atoms with E-state index in [4.69, 9.17) is 33.8 Å². The molecule has 2 fully saturated rings. The van der Waals surface area contributed by atoms with E-state index in [1.54, 1.807) is 13.8 Å². The molecule has 2 aromatic heterocycles. The molecule has 5 rings (SSSR count). The molecule has 340 valence electrons. The summed E-state index contributed by atoms with van der Waals surface area (Å²) in [5.41, 5.74) is 11.4. The number of rotatable bonds is 14. The largest absolute Gasteiger partial charge is 0.414 e. The number of nitrogens with two attached hydrogens (primary N) is 1. The summed E-state index contributed by atoms with van der Waals surface area (Å²) in [4.78, 5) is 57.8. The average molecular weight is 911 g/mol. The van der Waals surface area contributed by atoms with Crippen molar-refractivity contribution in [1.82, 2.24) is 18.3 Å². The number of aryl methyl sites for hydroxylation is 2. The highest BCUT2D eigenvalue weighted by Gasteiger charge is 2.67. The minimum Gasteiger partial charge on any atom is -0.414 e. The summed E-state index contributed by atoms with van der Waals surface area (Å²) < 4.78 is 63.0.